The Hall–Kier alpha value is -2.06. The molecule has 0 fully saturated rings. The van der Waals surface area contributed by atoms with Gasteiger partial charge in [-0.05, 0) is 20.3 Å². The van der Waals surface area contributed by atoms with Gasteiger partial charge < -0.3 is 26.0 Å². The lowest BCUT2D eigenvalue weighted by Gasteiger charge is -2.17. The Balaban J connectivity index is 4.60. The Morgan fingerprint density at radius 1 is 1.14 bits per heavy atom. The van der Waals surface area contributed by atoms with Crippen molar-refractivity contribution in [3.05, 3.63) is 23.8 Å². The number of allylic oxidation sites excluding steroid dienone is 2. The highest BCUT2D eigenvalue weighted by Crippen LogP contribution is 1.99. The molecule has 0 aromatic rings. The lowest BCUT2D eigenvalue weighted by molar-refractivity contribution is -0.129. The van der Waals surface area contributed by atoms with Crippen LogP contribution in [0.1, 0.15) is 27.2 Å². The van der Waals surface area contributed by atoms with Crippen molar-refractivity contribution in [2.75, 3.05) is 6.73 Å². The van der Waals surface area contributed by atoms with E-state index >= 15 is 0 Å². The summed E-state index contributed by atoms with van der Waals surface area (Å²) in [6.07, 6.45) is 3.16. The van der Waals surface area contributed by atoms with Gasteiger partial charge >= 0.3 is 0 Å². The summed E-state index contributed by atoms with van der Waals surface area (Å²) in [5, 5.41) is 33.7. The Kier molecular flexibility index (Phi) is 8.82. The second kappa shape index (κ2) is 9.78. The summed E-state index contributed by atoms with van der Waals surface area (Å²) < 4.78 is 0. The first-order valence-corrected chi connectivity index (χ1v) is 6.57. The van der Waals surface area contributed by atoms with Gasteiger partial charge in [0, 0.05) is 11.8 Å². The van der Waals surface area contributed by atoms with E-state index in [1.807, 2.05) is 6.92 Å². The predicted molar refractivity (Wildman–Crippen MR) is 77.1 cm³/mol. The van der Waals surface area contributed by atoms with Gasteiger partial charge in [-0.15, -0.1) is 0 Å². The first-order valence-electron chi connectivity index (χ1n) is 6.57. The molecule has 0 radical (unpaired) electrons. The van der Waals surface area contributed by atoms with Crippen LogP contribution in [0.15, 0.2) is 23.8 Å². The van der Waals surface area contributed by atoms with E-state index in [1.165, 1.54) is 6.92 Å². The van der Waals surface area contributed by atoms with Crippen LogP contribution in [0, 0.1) is 0 Å². The summed E-state index contributed by atoms with van der Waals surface area (Å²) in [6.45, 7) is 4.51. The number of rotatable bonds is 8. The lowest BCUT2D eigenvalue weighted by Crippen LogP contribution is -2.50. The molecule has 8 heteroatoms. The van der Waals surface area contributed by atoms with E-state index in [4.69, 9.17) is 15.3 Å². The van der Waals surface area contributed by atoms with E-state index in [1.54, 1.807) is 13.0 Å². The van der Waals surface area contributed by atoms with Crippen LogP contribution in [-0.2, 0) is 9.59 Å². The topological polar surface area (TPSA) is 131 Å². The number of nitrogens with one attached hydrogen (secondary N) is 3. The molecule has 0 aromatic heterocycles. The van der Waals surface area contributed by atoms with Crippen molar-refractivity contribution >= 4 is 11.8 Å². The van der Waals surface area contributed by atoms with Gasteiger partial charge in [0.05, 0.1) is 12.8 Å². The predicted octanol–water partition coefficient (Wildman–Crippen LogP) is -0.213. The van der Waals surface area contributed by atoms with Crippen molar-refractivity contribution in [1.82, 2.24) is 16.0 Å². The van der Waals surface area contributed by atoms with E-state index in [9.17, 15) is 9.59 Å². The molecule has 21 heavy (non-hydrogen) atoms. The molecule has 0 heterocycles. The third-order valence-corrected chi connectivity index (χ3v) is 2.52. The SMILES string of the molecule is CC/C=C(\C=C(O)O)NC(=O)[C@H](C)NC(=O)[C@H](C)NCO. The van der Waals surface area contributed by atoms with Crippen molar-refractivity contribution in [3.63, 3.8) is 0 Å². The first-order chi connectivity index (χ1) is 9.81. The number of aliphatic hydroxyl groups is 3. The van der Waals surface area contributed by atoms with Gasteiger partial charge in [-0.3, -0.25) is 14.9 Å². The molecule has 0 saturated carbocycles. The maximum atomic E-state index is 11.9. The van der Waals surface area contributed by atoms with Crippen LogP contribution < -0.4 is 16.0 Å². The summed E-state index contributed by atoms with van der Waals surface area (Å²) in [5.41, 5.74) is 0.227. The van der Waals surface area contributed by atoms with Crippen LogP contribution in [0.4, 0.5) is 0 Å². The fraction of sp³-hybridized carbons (Fsp3) is 0.538. The van der Waals surface area contributed by atoms with Crippen LogP contribution in [0.25, 0.3) is 0 Å². The molecule has 0 rings (SSSR count). The molecular formula is C13H23N3O5. The van der Waals surface area contributed by atoms with Crippen molar-refractivity contribution in [3.8, 4) is 0 Å². The third-order valence-electron chi connectivity index (χ3n) is 2.52. The van der Waals surface area contributed by atoms with Crippen LogP contribution in [0.3, 0.4) is 0 Å². The molecule has 0 bridgehead atoms. The normalized spacial score (nSPS) is 14.0. The van der Waals surface area contributed by atoms with E-state index in [2.05, 4.69) is 16.0 Å². The van der Waals surface area contributed by atoms with Crippen LogP contribution in [0.2, 0.25) is 0 Å². The zero-order valence-electron chi connectivity index (χ0n) is 12.4. The highest BCUT2D eigenvalue weighted by atomic mass is 16.5. The number of hydrogen-bond acceptors (Lipinski definition) is 6. The molecule has 0 aromatic carbocycles. The molecule has 0 aliphatic carbocycles. The Bertz CT molecular complexity index is 416. The zero-order valence-corrected chi connectivity index (χ0v) is 12.4. The average Bonchev–Trinajstić information content (AvgIpc) is 2.38. The number of amides is 2. The van der Waals surface area contributed by atoms with Gasteiger partial charge in [-0.1, -0.05) is 13.0 Å². The summed E-state index contributed by atoms with van der Waals surface area (Å²) in [7, 11) is 0. The fourth-order valence-electron chi connectivity index (χ4n) is 1.39. The molecule has 0 unspecified atom stereocenters. The van der Waals surface area contributed by atoms with Crippen LogP contribution in [0.5, 0.6) is 0 Å². The monoisotopic (exact) mass is 301 g/mol. The third kappa shape index (κ3) is 7.95. The van der Waals surface area contributed by atoms with E-state index in [0.29, 0.717) is 6.42 Å². The standard InChI is InChI=1S/C13H23N3O5/c1-4-5-10(6-11(18)19)16-13(21)9(3)15-12(20)8(2)14-7-17/h5-6,8-9,14,17-19H,4,7H2,1-3H3,(H,15,20)(H,16,21)/b10-5+/t8-,9-/m0/s1. The highest BCUT2D eigenvalue weighted by molar-refractivity contribution is 5.90. The number of carbonyl (C=O) groups excluding carboxylic acids is 2. The zero-order chi connectivity index (χ0) is 16.4. The van der Waals surface area contributed by atoms with Gasteiger partial charge in [-0.2, -0.15) is 0 Å². The Morgan fingerprint density at radius 3 is 2.24 bits per heavy atom. The van der Waals surface area contributed by atoms with Crippen LogP contribution >= 0.6 is 0 Å². The molecule has 2 amide bonds. The maximum Gasteiger partial charge on any atom is 0.276 e. The van der Waals surface area contributed by atoms with E-state index in [-0.39, 0.29) is 12.4 Å². The summed E-state index contributed by atoms with van der Waals surface area (Å²) >= 11 is 0. The van der Waals surface area contributed by atoms with Crippen molar-refractivity contribution in [1.29, 1.82) is 0 Å². The Labute approximate surface area is 123 Å². The lowest BCUT2D eigenvalue weighted by atomic mass is 10.2. The highest BCUT2D eigenvalue weighted by Gasteiger charge is 2.19. The number of carbonyl (C=O) groups is 2. The first kappa shape index (κ1) is 18.9. The molecular weight excluding hydrogens is 278 g/mol. The molecule has 2 atom stereocenters. The quantitative estimate of drug-likeness (QED) is 0.209. The molecule has 8 nitrogen and oxygen atoms in total. The van der Waals surface area contributed by atoms with Crippen LogP contribution in [-0.4, -0.2) is 45.9 Å². The summed E-state index contributed by atoms with van der Waals surface area (Å²) in [4.78, 5) is 23.6. The minimum absolute atomic E-state index is 0.227. The summed E-state index contributed by atoms with van der Waals surface area (Å²) in [5.74, 6) is -1.86. The largest absolute Gasteiger partial charge is 0.481 e. The summed E-state index contributed by atoms with van der Waals surface area (Å²) in [6, 6.07) is -1.47. The molecule has 0 aliphatic heterocycles. The molecule has 0 saturated heterocycles. The van der Waals surface area contributed by atoms with Gasteiger partial charge in [0.15, 0.2) is 0 Å². The van der Waals surface area contributed by atoms with Gasteiger partial charge in [0.2, 0.25) is 11.8 Å². The van der Waals surface area contributed by atoms with Crippen molar-refractivity contribution in [2.24, 2.45) is 0 Å². The fourth-order valence-corrected chi connectivity index (χ4v) is 1.39. The number of aliphatic hydroxyl groups excluding tert-OH is 2. The minimum atomic E-state index is -0.924. The molecule has 120 valence electrons. The molecule has 0 aliphatic rings. The van der Waals surface area contributed by atoms with Gasteiger partial charge in [0.1, 0.15) is 6.04 Å². The van der Waals surface area contributed by atoms with Crippen molar-refractivity contribution in [2.45, 2.75) is 39.3 Å². The van der Waals surface area contributed by atoms with E-state index in [0.717, 1.165) is 6.08 Å². The second-order valence-electron chi connectivity index (χ2n) is 4.37. The number of hydrogen-bond donors (Lipinski definition) is 6. The Morgan fingerprint density at radius 2 is 1.76 bits per heavy atom. The second-order valence-corrected chi connectivity index (χ2v) is 4.37. The molecule has 0 spiro atoms. The molecule has 6 N–H and O–H groups in total. The van der Waals surface area contributed by atoms with Gasteiger partial charge in [-0.25, -0.2) is 0 Å². The average molecular weight is 301 g/mol. The van der Waals surface area contributed by atoms with E-state index < -0.39 is 29.8 Å². The minimum Gasteiger partial charge on any atom is -0.481 e. The van der Waals surface area contributed by atoms with Crippen molar-refractivity contribution < 1.29 is 24.9 Å². The smallest absolute Gasteiger partial charge is 0.276 e. The van der Waals surface area contributed by atoms with Gasteiger partial charge in [0.25, 0.3) is 5.95 Å². The maximum absolute atomic E-state index is 11.9.